The second kappa shape index (κ2) is 6.08. The Bertz CT molecular complexity index is 559. The molecule has 0 aliphatic carbocycles. The van der Waals surface area contributed by atoms with Gasteiger partial charge in [-0.3, -0.25) is 0 Å². The standard InChI is InChI=1S/C14H13BrClN3O/c15-11-4-2-1-3-10(11)13-8-19(5-6-20-13)14-12(16)7-17-9-18-14/h1-4,7,9,13H,5-6,8H2. The zero-order valence-corrected chi connectivity index (χ0v) is 13.0. The van der Waals surface area contributed by atoms with Gasteiger partial charge in [0, 0.05) is 17.6 Å². The zero-order valence-electron chi connectivity index (χ0n) is 10.7. The average Bonchev–Trinajstić information content (AvgIpc) is 2.48. The summed E-state index contributed by atoms with van der Waals surface area (Å²) in [5, 5.41) is 0.570. The molecule has 6 heteroatoms. The molecule has 1 unspecified atom stereocenters. The highest BCUT2D eigenvalue weighted by Gasteiger charge is 2.25. The largest absolute Gasteiger partial charge is 0.370 e. The number of rotatable bonds is 2. The van der Waals surface area contributed by atoms with Gasteiger partial charge in [-0.1, -0.05) is 45.7 Å². The lowest BCUT2D eigenvalue weighted by molar-refractivity contribution is 0.0391. The molecule has 20 heavy (non-hydrogen) atoms. The predicted molar refractivity (Wildman–Crippen MR) is 82.1 cm³/mol. The summed E-state index contributed by atoms with van der Waals surface area (Å²) in [4.78, 5) is 10.3. The van der Waals surface area contributed by atoms with E-state index in [4.69, 9.17) is 16.3 Å². The van der Waals surface area contributed by atoms with Crippen molar-refractivity contribution in [1.82, 2.24) is 9.97 Å². The van der Waals surface area contributed by atoms with E-state index in [1.807, 2.05) is 18.2 Å². The van der Waals surface area contributed by atoms with E-state index in [9.17, 15) is 0 Å². The number of morpholine rings is 1. The van der Waals surface area contributed by atoms with Gasteiger partial charge < -0.3 is 9.64 Å². The van der Waals surface area contributed by atoms with Crippen molar-refractivity contribution >= 4 is 33.3 Å². The minimum atomic E-state index is 0.00496. The third kappa shape index (κ3) is 2.80. The molecule has 1 atom stereocenters. The number of halogens is 2. The summed E-state index contributed by atoms with van der Waals surface area (Å²) in [6.45, 7) is 2.14. The van der Waals surface area contributed by atoms with E-state index in [1.54, 1.807) is 6.20 Å². The fraction of sp³-hybridized carbons (Fsp3) is 0.286. The van der Waals surface area contributed by atoms with E-state index >= 15 is 0 Å². The molecule has 0 spiro atoms. The Labute approximate surface area is 130 Å². The number of nitrogens with zero attached hydrogens (tertiary/aromatic N) is 3. The van der Waals surface area contributed by atoms with E-state index in [0.717, 1.165) is 28.9 Å². The highest BCUT2D eigenvalue weighted by Crippen LogP contribution is 2.31. The predicted octanol–water partition coefficient (Wildman–Crippen LogP) is 3.47. The minimum absolute atomic E-state index is 0.00496. The molecular weight excluding hydrogens is 342 g/mol. The normalized spacial score (nSPS) is 19.1. The van der Waals surface area contributed by atoms with Gasteiger partial charge in [-0.2, -0.15) is 0 Å². The molecule has 1 aliphatic rings. The Balaban J connectivity index is 1.84. The maximum atomic E-state index is 6.17. The van der Waals surface area contributed by atoms with Crippen molar-refractivity contribution in [2.24, 2.45) is 0 Å². The van der Waals surface area contributed by atoms with Crippen LogP contribution in [0.5, 0.6) is 0 Å². The van der Waals surface area contributed by atoms with Crippen molar-refractivity contribution in [3.05, 3.63) is 51.8 Å². The second-order valence-corrected chi connectivity index (χ2v) is 5.78. The monoisotopic (exact) mass is 353 g/mol. The summed E-state index contributed by atoms with van der Waals surface area (Å²) in [5.41, 5.74) is 1.14. The van der Waals surface area contributed by atoms with Crippen LogP contribution in [0.25, 0.3) is 0 Å². The van der Waals surface area contributed by atoms with Crippen LogP contribution in [0.4, 0.5) is 5.82 Å². The lowest BCUT2D eigenvalue weighted by Crippen LogP contribution is -2.39. The SMILES string of the molecule is Clc1cncnc1N1CCOC(c2ccccc2Br)C1. The Morgan fingerprint density at radius 2 is 2.20 bits per heavy atom. The van der Waals surface area contributed by atoms with Gasteiger partial charge in [0.15, 0.2) is 5.82 Å². The molecule has 4 nitrogen and oxygen atoms in total. The Kier molecular flexibility index (Phi) is 4.19. The molecule has 2 heterocycles. The van der Waals surface area contributed by atoms with Crippen molar-refractivity contribution < 1.29 is 4.74 Å². The number of ether oxygens (including phenoxy) is 1. The topological polar surface area (TPSA) is 38.2 Å². The maximum Gasteiger partial charge on any atom is 0.151 e. The molecule has 3 rings (SSSR count). The fourth-order valence-electron chi connectivity index (χ4n) is 2.30. The van der Waals surface area contributed by atoms with E-state index < -0.39 is 0 Å². The summed E-state index contributed by atoms with van der Waals surface area (Å²) in [7, 11) is 0. The van der Waals surface area contributed by atoms with E-state index in [0.29, 0.717) is 11.6 Å². The van der Waals surface area contributed by atoms with Gasteiger partial charge in [-0.15, -0.1) is 0 Å². The molecule has 1 saturated heterocycles. The van der Waals surface area contributed by atoms with Gasteiger partial charge in [0.25, 0.3) is 0 Å². The highest BCUT2D eigenvalue weighted by atomic mass is 79.9. The van der Waals surface area contributed by atoms with Crippen molar-refractivity contribution in [1.29, 1.82) is 0 Å². The summed E-state index contributed by atoms with van der Waals surface area (Å²) >= 11 is 9.74. The number of hydrogen-bond acceptors (Lipinski definition) is 4. The summed E-state index contributed by atoms with van der Waals surface area (Å²) in [6, 6.07) is 8.10. The van der Waals surface area contributed by atoms with Crippen molar-refractivity contribution in [3.63, 3.8) is 0 Å². The molecule has 104 valence electrons. The number of aromatic nitrogens is 2. The molecule has 1 aromatic carbocycles. The van der Waals surface area contributed by atoms with Crippen LogP contribution in [0.3, 0.4) is 0 Å². The van der Waals surface area contributed by atoms with Crippen LogP contribution in [0.15, 0.2) is 41.3 Å². The fourth-order valence-corrected chi connectivity index (χ4v) is 3.07. The van der Waals surface area contributed by atoms with Gasteiger partial charge in [-0.05, 0) is 11.6 Å². The van der Waals surface area contributed by atoms with E-state index in [1.165, 1.54) is 6.33 Å². The third-order valence-corrected chi connectivity index (χ3v) is 4.26. The van der Waals surface area contributed by atoms with Crippen molar-refractivity contribution in [2.45, 2.75) is 6.10 Å². The first-order chi connectivity index (χ1) is 9.75. The summed E-state index contributed by atoms with van der Waals surface area (Å²) in [6.07, 6.45) is 3.14. The third-order valence-electron chi connectivity index (χ3n) is 3.27. The number of benzene rings is 1. The number of anilines is 1. The van der Waals surface area contributed by atoms with Gasteiger partial charge in [0.1, 0.15) is 17.5 Å². The molecule has 0 N–H and O–H groups in total. The smallest absolute Gasteiger partial charge is 0.151 e. The molecule has 1 aliphatic heterocycles. The first-order valence-electron chi connectivity index (χ1n) is 6.32. The molecule has 1 aromatic heterocycles. The van der Waals surface area contributed by atoms with Gasteiger partial charge in [-0.25, -0.2) is 9.97 Å². The van der Waals surface area contributed by atoms with Crippen LogP contribution in [0, 0.1) is 0 Å². The molecule has 0 radical (unpaired) electrons. The Morgan fingerprint density at radius 3 is 3.00 bits per heavy atom. The lowest BCUT2D eigenvalue weighted by Gasteiger charge is -2.34. The van der Waals surface area contributed by atoms with Crippen LogP contribution < -0.4 is 4.90 Å². The van der Waals surface area contributed by atoms with Gasteiger partial charge in [0.2, 0.25) is 0 Å². The van der Waals surface area contributed by atoms with Crippen LogP contribution >= 0.6 is 27.5 Å². The first kappa shape index (κ1) is 13.8. The molecule has 0 saturated carbocycles. The quantitative estimate of drug-likeness (QED) is 0.828. The van der Waals surface area contributed by atoms with Crippen LogP contribution in [-0.2, 0) is 4.74 Å². The van der Waals surface area contributed by atoms with Crippen LogP contribution in [0.1, 0.15) is 11.7 Å². The molecule has 2 aromatic rings. The lowest BCUT2D eigenvalue weighted by atomic mass is 10.1. The van der Waals surface area contributed by atoms with E-state index in [-0.39, 0.29) is 6.10 Å². The molecular formula is C14H13BrClN3O. The van der Waals surface area contributed by atoms with Crippen LogP contribution in [-0.4, -0.2) is 29.7 Å². The summed E-state index contributed by atoms with van der Waals surface area (Å²) in [5.74, 6) is 0.766. The first-order valence-corrected chi connectivity index (χ1v) is 7.49. The van der Waals surface area contributed by atoms with Gasteiger partial charge >= 0.3 is 0 Å². The van der Waals surface area contributed by atoms with E-state index in [2.05, 4.69) is 36.9 Å². The Morgan fingerprint density at radius 1 is 1.35 bits per heavy atom. The van der Waals surface area contributed by atoms with Crippen molar-refractivity contribution in [3.8, 4) is 0 Å². The van der Waals surface area contributed by atoms with Gasteiger partial charge in [0.05, 0.1) is 12.8 Å². The molecule has 0 bridgehead atoms. The van der Waals surface area contributed by atoms with Crippen LogP contribution in [0.2, 0.25) is 5.02 Å². The molecule has 1 fully saturated rings. The van der Waals surface area contributed by atoms with Crippen molar-refractivity contribution in [2.75, 3.05) is 24.6 Å². The molecule has 0 amide bonds. The summed E-state index contributed by atoms with van der Waals surface area (Å²) < 4.78 is 6.93. The minimum Gasteiger partial charge on any atom is -0.370 e. The maximum absolute atomic E-state index is 6.17. The zero-order chi connectivity index (χ0) is 13.9. The number of hydrogen-bond donors (Lipinski definition) is 0. The highest BCUT2D eigenvalue weighted by molar-refractivity contribution is 9.10. The average molecular weight is 355 g/mol. The second-order valence-electron chi connectivity index (χ2n) is 4.52. The Hall–Kier alpha value is -1.17.